The number of rotatable bonds is 5. The number of hydrogen-bond acceptors (Lipinski definition) is 6. The second-order valence-corrected chi connectivity index (χ2v) is 6.47. The van der Waals surface area contributed by atoms with E-state index in [9.17, 15) is 5.11 Å². The van der Waals surface area contributed by atoms with E-state index in [2.05, 4.69) is 33.6 Å². The molecule has 21 heavy (non-hydrogen) atoms. The van der Waals surface area contributed by atoms with Crippen LogP contribution in [0.1, 0.15) is 26.2 Å². The average molecular weight is 306 g/mol. The number of anilines is 2. The van der Waals surface area contributed by atoms with Crippen molar-refractivity contribution >= 4 is 33.3 Å². The van der Waals surface area contributed by atoms with E-state index in [-0.39, 0.29) is 6.61 Å². The van der Waals surface area contributed by atoms with Crippen molar-refractivity contribution in [2.24, 2.45) is 5.92 Å². The molecular formula is C15H22N4OS. The molecule has 1 fully saturated rings. The highest BCUT2D eigenvalue weighted by Gasteiger charge is 2.23. The molecule has 2 aromatic rings. The molecule has 2 aromatic heterocycles. The lowest BCUT2D eigenvalue weighted by Gasteiger charge is -2.33. The van der Waals surface area contributed by atoms with Crippen LogP contribution < -0.4 is 10.2 Å². The highest BCUT2D eigenvalue weighted by molar-refractivity contribution is 7.16. The van der Waals surface area contributed by atoms with E-state index in [1.54, 1.807) is 11.3 Å². The van der Waals surface area contributed by atoms with Crippen LogP contribution in [0.2, 0.25) is 0 Å². The first kappa shape index (κ1) is 14.5. The summed E-state index contributed by atoms with van der Waals surface area (Å²) in [6, 6.07) is 2.10. The van der Waals surface area contributed by atoms with Crippen LogP contribution in [-0.4, -0.2) is 41.3 Å². The summed E-state index contributed by atoms with van der Waals surface area (Å²) in [5.74, 6) is 2.08. The zero-order valence-electron chi connectivity index (χ0n) is 12.4. The smallest absolute Gasteiger partial charge is 0.226 e. The fourth-order valence-electron chi connectivity index (χ4n) is 2.80. The van der Waals surface area contributed by atoms with Gasteiger partial charge in [0.2, 0.25) is 5.95 Å². The normalized spacial score (nSPS) is 19.1. The standard InChI is InChI=1S/C15H22N4OS/c1-2-6-16-15-17-13(12-5-8-21-14(12)18-15)19-7-3-4-11(9-19)10-20/h5,8,11,20H,2-4,6-7,9-10H2,1H3,(H,16,17,18). The van der Waals surface area contributed by atoms with Crippen molar-refractivity contribution in [3.63, 3.8) is 0 Å². The minimum absolute atomic E-state index is 0.259. The third-order valence-corrected chi connectivity index (χ3v) is 4.72. The first-order chi connectivity index (χ1) is 10.3. The molecule has 0 aromatic carbocycles. The summed E-state index contributed by atoms with van der Waals surface area (Å²) in [6.45, 7) is 5.16. The Hall–Kier alpha value is -1.40. The fourth-order valence-corrected chi connectivity index (χ4v) is 3.56. The van der Waals surface area contributed by atoms with Gasteiger partial charge in [-0.05, 0) is 36.6 Å². The summed E-state index contributed by atoms with van der Waals surface area (Å²) in [5.41, 5.74) is 0. The van der Waals surface area contributed by atoms with Gasteiger partial charge >= 0.3 is 0 Å². The largest absolute Gasteiger partial charge is 0.396 e. The van der Waals surface area contributed by atoms with Crippen LogP contribution in [0.15, 0.2) is 11.4 Å². The Balaban J connectivity index is 1.93. The van der Waals surface area contributed by atoms with Gasteiger partial charge in [0.05, 0.1) is 5.39 Å². The SMILES string of the molecule is CCCNc1nc(N2CCCC(CO)C2)c2ccsc2n1. The average Bonchev–Trinajstić information content (AvgIpc) is 3.00. The second kappa shape index (κ2) is 6.58. The summed E-state index contributed by atoms with van der Waals surface area (Å²) in [7, 11) is 0. The highest BCUT2D eigenvalue weighted by Crippen LogP contribution is 2.31. The van der Waals surface area contributed by atoms with Crippen molar-refractivity contribution in [3.8, 4) is 0 Å². The van der Waals surface area contributed by atoms with Crippen LogP contribution in [0, 0.1) is 5.92 Å². The van der Waals surface area contributed by atoms with Gasteiger partial charge in [0.15, 0.2) is 0 Å². The number of aliphatic hydroxyl groups is 1. The van der Waals surface area contributed by atoms with Gasteiger partial charge < -0.3 is 15.3 Å². The van der Waals surface area contributed by atoms with Crippen molar-refractivity contribution in [3.05, 3.63) is 11.4 Å². The number of nitrogens with one attached hydrogen (secondary N) is 1. The number of aromatic nitrogens is 2. The van der Waals surface area contributed by atoms with Gasteiger partial charge in [0.1, 0.15) is 10.6 Å². The molecule has 5 nitrogen and oxygen atoms in total. The van der Waals surface area contributed by atoms with Crippen LogP contribution in [0.3, 0.4) is 0 Å². The van der Waals surface area contributed by atoms with Crippen LogP contribution >= 0.6 is 11.3 Å². The fraction of sp³-hybridized carbons (Fsp3) is 0.600. The second-order valence-electron chi connectivity index (χ2n) is 5.57. The zero-order chi connectivity index (χ0) is 14.7. The van der Waals surface area contributed by atoms with E-state index < -0.39 is 0 Å². The van der Waals surface area contributed by atoms with Gasteiger partial charge in [-0.25, -0.2) is 4.98 Å². The lowest BCUT2D eigenvalue weighted by Crippen LogP contribution is -2.37. The third kappa shape index (κ3) is 3.11. The molecule has 1 unspecified atom stereocenters. The van der Waals surface area contributed by atoms with E-state index in [4.69, 9.17) is 4.98 Å². The first-order valence-electron chi connectivity index (χ1n) is 7.66. The van der Waals surface area contributed by atoms with Crippen molar-refractivity contribution < 1.29 is 5.11 Å². The molecule has 114 valence electrons. The molecule has 1 atom stereocenters. The van der Waals surface area contributed by atoms with Gasteiger partial charge in [-0.1, -0.05) is 6.92 Å². The molecule has 1 aliphatic rings. The quantitative estimate of drug-likeness (QED) is 0.889. The van der Waals surface area contributed by atoms with E-state index in [1.165, 1.54) is 0 Å². The van der Waals surface area contributed by atoms with Crippen LogP contribution in [0.5, 0.6) is 0 Å². The predicted molar refractivity (Wildman–Crippen MR) is 88.2 cm³/mol. The Kier molecular flexibility index (Phi) is 4.55. The molecule has 6 heteroatoms. The number of fused-ring (bicyclic) bond motifs is 1. The Morgan fingerprint density at radius 2 is 2.38 bits per heavy atom. The van der Waals surface area contributed by atoms with Crippen molar-refractivity contribution in [1.82, 2.24) is 9.97 Å². The molecular weight excluding hydrogens is 284 g/mol. The number of aliphatic hydroxyl groups excluding tert-OH is 1. The number of nitrogens with zero attached hydrogens (tertiary/aromatic N) is 3. The molecule has 0 radical (unpaired) electrons. The molecule has 0 bridgehead atoms. The van der Waals surface area contributed by atoms with E-state index in [0.717, 1.165) is 54.9 Å². The zero-order valence-corrected chi connectivity index (χ0v) is 13.2. The lowest BCUT2D eigenvalue weighted by atomic mass is 9.99. The minimum atomic E-state index is 0.259. The summed E-state index contributed by atoms with van der Waals surface area (Å²) in [6.07, 6.45) is 3.27. The van der Waals surface area contributed by atoms with Crippen LogP contribution in [0.4, 0.5) is 11.8 Å². The molecule has 0 aliphatic carbocycles. The summed E-state index contributed by atoms with van der Waals surface area (Å²) in [4.78, 5) is 12.7. The maximum Gasteiger partial charge on any atom is 0.226 e. The molecule has 3 heterocycles. The maximum absolute atomic E-state index is 9.43. The van der Waals surface area contributed by atoms with Crippen molar-refractivity contribution in [2.75, 3.05) is 36.5 Å². The number of hydrogen-bond donors (Lipinski definition) is 2. The van der Waals surface area contributed by atoms with E-state index >= 15 is 0 Å². The molecule has 0 saturated carbocycles. The monoisotopic (exact) mass is 306 g/mol. The van der Waals surface area contributed by atoms with Crippen molar-refractivity contribution in [1.29, 1.82) is 0 Å². The van der Waals surface area contributed by atoms with Crippen LogP contribution in [-0.2, 0) is 0 Å². The third-order valence-electron chi connectivity index (χ3n) is 3.91. The molecule has 0 spiro atoms. The topological polar surface area (TPSA) is 61.3 Å². The van der Waals surface area contributed by atoms with Gasteiger partial charge in [-0.15, -0.1) is 11.3 Å². The number of thiophene rings is 1. The molecule has 3 rings (SSSR count). The van der Waals surface area contributed by atoms with Gasteiger partial charge in [0.25, 0.3) is 0 Å². The lowest BCUT2D eigenvalue weighted by molar-refractivity contribution is 0.208. The molecule has 1 aliphatic heterocycles. The van der Waals surface area contributed by atoms with Gasteiger partial charge in [0, 0.05) is 26.2 Å². The van der Waals surface area contributed by atoms with Crippen molar-refractivity contribution in [2.45, 2.75) is 26.2 Å². The highest BCUT2D eigenvalue weighted by atomic mass is 32.1. The minimum Gasteiger partial charge on any atom is -0.396 e. The molecule has 1 saturated heterocycles. The molecule has 0 amide bonds. The molecule has 2 N–H and O–H groups in total. The Bertz CT molecular complexity index is 600. The Morgan fingerprint density at radius 3 is 3.19 bits per heavy atom. The van der Waals surface area contributed by atoms with Crippen LogP contribution in [0.25, 0.3) is 10.2 Å². The van der Waals surface area contributed by atoms with E-state index in [0.29, 0.717) is 11.9 Å². The summed E-state index contributed by atoms with van der Waals surface area (Å²) >= 11 is 1.65. The van der Waals surface area contributed by atoms with E-state index in [1.807, 2.05) is 0 Å². The summed E-state index contributed by atoms with van der Waals surface area (Å²) < 4.78 is 0. The Labute approximate surface area is 129 Å². The first-order valence-corrected chi connectivity index (χ1v) is 8.54. The summed E-state index contributed by atoms with van der Waals surface area (Å²) in [5, 5.41) is 15.9. The van der Waals surface area contributed by atoms with Gasteiger partial charge in [-0.2, -0.15) is 4.98 Å². The van der Waals surface area contributed by atoms with Gasteiger partial charge in [-0.3, -0.25) is 0 Å². The number of piperidine rings is 1. The Morgan fingerprint density at radius 1 is 1.48 bits per heavy atom. The maximum atomic E-state index is 9.43. The predicted octanol–water partition coefficient (Wildman–Crippen LogP) is 2.72.